The number of hydrogen-bond donors (Lipinski definition) is 3. The third-order valence-corrected chi connectivity index (χ3v) is 1.80. The van der Waals surface area contributed by atoms with Crippen LogP contribution in [0.15, 0.2) is 12.1 Å². The summed E-state index contributed by atoms with van der Waals surface area (Å²) in [7, 11) is 0. The van der Waals surface area contributed by atoms with Crippen LogP contribution in [0.5, 0.6) is 11.5 Å². The van der Waals surface area contributed by atoms with Crippen molar-refractivity contribution in [1.82, 2.24) is 0 Å². The number of nitrogen functional groups attached to an aromatic ring is 1. The summed E-state index contributed by atoms with van der Waals surface area (Å²) in [5, 5.41) is 12.3. The molecule has 0 aliphatic carbocycles. The average Bonchev–Trinajstić information content (AvgIpc) is 2.07. The topological polar surface area (TPSA) is 67.5 Å². The minimum atomic E-state index is 0.0896. The van der Waals surface area contributed by atoms with Crippen LogP contribution in [-0.2, 0) is 0 Å². The summed E-state index contributed by atoms with van der Waals surface area (Å²) in [6.07, 6.45) is 0. The lowest BCUT2D eigenvalue weighted by atomic mass is 10.2. The Kier molecular flexibility index (Phi) is 1.46. The van der Waals surface area contributed by atoms with E-state index >= 15 is 0 Å². The number of hydrogen-bond acceptors (Lipinski definition) is 4. The van der Waals surface area contributed by atoms with Gasteiger partial charge in [0.2, 0.25) is 0 Å². The largest absolute Gasteiger partial charge is 0.506 e. The lowest BCUT2D eigenvalue weighted by molar-refractivity contribution is 0.323. The van der Waals surface area contributed by atoms with Crippen LogP contribution in [0.25, 0.3) is 0 Å². The van der Waals surface area contributed by atoms with Crippen molar-refractivity contribution >= 4 is 11.4 Å². The van der Waals surface area contributed by atoms with Crippen LogP contribution in [0.2, 0.25) is 0 Å². The van der Waals surface area contributed by atoms with E-state index in [0.717, 1.165) is 12.2 Å². The number of benzene rings is 1. The Morgan fingerprint density at radius 3 is 3.17 bits per heavy atom. The molecular formula is C8H10N2O2. The Labute approximate surface area is 70.0 Å². The normalized spacial score (nSPS) is 14.3. The molecule has 64 valence electrons. The molecule has 1 heterocycles. The molecule has 1 aliphatic rings. The molecule has 0 amide bonds. The Bertz CT molecular complexity index is 281. The van der Waals surface area contributed by atoms with Gasteiger partial charge in [-0.15, -0.1) is 0 Å². The van der Waals surface area contributed by atoms with E-state index in [0.29, 0.717) is 18.0 Å². The number of phenols is 1. The SMILES string of the molecule is Nc1cc2c(cc1O)NCCO2. The molecule has 12 heavy (non-hydrogen) atoms. The maximum Gasteiger partial charge on any atom is 0.144 e. The summed E-state index contributed by atoms with van der Waals surface area (Å²) in [6.45, 7) is 1.40. The van der Waals surface area contributed by atoms with Crippen molar-refractivity contribution in [2.45, 2.75) is 0 Å². The highest BCUT2D eigenvalue weighted by Gasteiger charge is 2.11. The predicted molar refractivity (Wildman–Crippen MR) is 46.5 cm³/mol. The van der Waals surface area contributed by atoms with E-state index in [2.05, 4.69) is 5.32 Å². The predicted octanol–water partition coefficient (Wildman–Crippen LogP) is 0.779. The molecule has 4 N–H and O–H groups in total. The first-order chi connectivity index (χ1) is 5.77. The van der Waals surface area contributed by atoms with Crippen molar-refractivity contribution in [3.8, 4) is 11.5 Å². The molecule has 1 aromatic rings. The second-order valence-corrected chi connectivity index (χ2v) is 2.68. The molecule has 0 aromatic heterocycles. The van der Waals surface area contributed by atoms with E-state index in [4.69, 9.17) is 10.5 Å². The molecule has 0 unspecified atom stereocenters. The maximum atomic E-state index is 9.25. The highest BCUT2D eigenvalue weighted by atomic mass is 16.5. The van der Waals surface area contributed by atoms with Gasteiger partial charge >= 0.3 is 0 Å². The van der Waals surface area contributed by atoms with Gasteiger partial charge in [-0.1, -0.05) is 0 Å². The standard InChI is InChI=1S/C8H10N2O2/c9-5-3-8-6(4-7(5)11)10-1-2-12-8/h3-4,10-11H,1-2,9H2. The molecule has 4 nitrogen and oxygen atoms in total. The number of anilines is 2. The molecule has 4 heteroatoms. The number of phenolic OH excluding ortho intramolecular Hbond substituents is 1. The van der Waals surface area contributed by atoms with Gasteiger partial charge in [0.05, 0.1) is 11.4 Å². The smallest absolute Gasteiger partial charge is 0.144 e. The van der Waals surface area contributed by atoms with Gasteiger partial charge in [-0.25, -0.2) is 0 Å². The van der Waals surface area contributed by atoms with Crippen LogP contribution in [0.4, 0.5) is 11.4 Å². The van der Waals surface area contributed by atoms with Gasteiger partial charge in [-0.2, -0.15) is 0 Å². The summed E-state index contributed by atoms with van der Waals surface area (Å²) in [5.74, 6) is 0.795. The molecule has 0 atom stereocenters. The molecule has 1 aliphatic heterocycles. The van der Waals surface area contributed by atoms with Crippen LogP contribution in [0, 0.1) is 0 Å². The number of ether oxygens (including phenoxy) is 1. The Morgan fingerprint density at radius 1 is 1.50 bits per heavy atom. The highest BCUT2D eigenvalue weighted by molar-refractivity contribution is 5.69. The number of fused-ring (bicyclic) bond motifs is 1. The summed E-state index contributed by atoms with van der Waals surface area (Å²) in [5.41, 5.74) is 6.63. The van der Waals surface area contributed by atoms with E-state index in [1.807, 2.05) is 0 Å². The molecule has 0 spiro atoms. The van der Waals surface area contributed by atoms with Crippen LogP contribution in [0.3, 0.4) is 0 Å². The molecule has 0 saturated carbocycles. The van der Waals surface area contributed by atoms with Crippen LogP contribution < -0.4 is 15.8 Å². The first-order valence-electron chi connectivity index (χ1n) is 3.76. The molecule has 0 fully saturated rings. The Balaban J connectivity index is 2.49. The van der Waals surface area contributed by atoms with Gasteiger partial charge in [0.25, 0.3) is 0 Å². The number of rotatable bonds is 0. The third-order valence-electron chi connectivity index (χ3n) is 1.80. The van der Waals surface area contributed by atoms with Gasteiger partial charge in [0, 0.05) is 18.7 Å². The second-order valence-electron chi connectivity index (χ2n) is 2.68. The highest BCUT2D eigenvalue weighted by Crippen LogP contribution is 2.35. The maximum absolute atomic E-state index is 9.25. The zero-order valence-corrected chi connectivity index (χ0v) is 6.50. The number of nitrogens with two attached hydrogens (primary N) is 1. The minimum absolute atomic E-state index is 0.0896. The average molecular weight is 166 g/mol. The van der Waals surface area contributed by atoms with Crippen LogP contribution in [0.1, 0.15) is 0 Å². The summed E-state index contributed by atoms with van der Waals surface area (Å²) in [6, 6.07) is 3.20. The van der Waals surface area contributed by atoms with E-state index in [1.54, 1.807) is 12.1 Å². The Morgan fingerprint density at radius 2 is 2.33 bits per heavy atom. The third kappa shape index (κ3) is 1.01. The quantitative estimate of drug-likeness (QED) is 0.393. The fraction of sp³-hybridized carbons (Fsp3) is 0.250. The Hall–Kier alpha value is -1.58. The van der Waals surface area contributed by atoms with Gasteiger partial charge < -0.3 is 20.9 Å². The number of aromatic hydroxyl groups is 1. The molecule has 0 saturated heterocycles. The first-order valence-corrected chi connectivity index (χ1v) is 3.76. The van der Waals surface area contributed by atoms with E-state index in [9.17, 15) is 5.11 Å². The lowest BCUT2D eigenvalue weighted by Gasteiger charge is -2.19. The summed E-state index contributed by atoms with van der Waals surface area (Å²) < 4.78 is 5.31. The molecule has 0 radical (unpaired) electrons. The van der Waals surface area contributed by atoms with E-state index in [1.165, 1.54) is 0 Å². The monoisotopic (exact) mass is 166 g/mol. The van der Waals surface area contributed by atoms with Crippen molar-refractivity contribution in [2.24, 2.45) is 0 Å². The molecule has 2 rings (SSSR count). The zero-order chi connectivity index (χ0) is 8.55. The zero-order valence-electron chi connectivity index (χ0n) is 6.50. The fourth-order valence-corrected chi connectivity index (χ4v) is 1.19. The first kappa shape index (κ1) is 7.09. The van der Waals surface area contributed by atoms with Gasteiger partial charge in [-0.05, 0) is 0 Å². The second kappa shape index (κ2) is 2.48. The molecule has 1 aromatic carbocycles. The van der Waals surface area contributed by atoms with E-state index < -0.39 is 0 Å². The minimum Gasteiger partial charge on any atom is -0.506 e. The van der Waals surface area contributed by atoms with Crippen molar-refractivity contribution < 1.29 is 9.84 Å². The molecular weight excluding hydrogens is 156 g/mol. The van der Waals surface area contributed by atoms with Crippen molar-refractivity contribution in [1.29, 1.82) is 0 Å². The molecule has 0 bridgehead atoms. The summed E-state index contributed by atoms with van der Waals surface area (Å²) >= 11 is 0. The summed E-state index contributed by atoms with van der Waals surface area (Å²) in [4.78, 5) is 0. The van der Waals surface area contributed by atoms with E-state index in [-0.39, 0.29) is 5.75 Å². The van der Waals surface area contributed by atoms with Crippen LogP contribution >= 0.6 is 0 Å². The van der Waals surface area contributed by atoms with Crippen molar-refractivity contribution in [3.63, 3.8) is 0 Å². The van der Waals surface area contributed by atoms with Crippen LogP contribution in [-0.4, -0.2) is 18.3 Å². The van der Waals surface area contributed by atoms with Gasteiger partial charge in [-0.3, -0.25) is 0 Å². The van der Waals surface area contributed by atoms with Crippen molar-refractivity contribution in [2.75, 3.05) is 24.2 Å². The fourth-order valence-electron chi connectivity index (χ4n) is 1.19. The van der Waals surface area contributed by atoms with Gasteiger partial charge in [0.1, 0.15) is 18.1 Å². The van der Waals surface area contributed by atoms with Crippen molar-refractivity contribution in [3.05, 3.63) is 12.1 Å². The number of nitrogens with one attached hydrogen (secondary N) is 1. The van der Waals surface area contributed by atoms with Gasteiger partial charge in [0.15, 0.2) is 0 Å². The lowest BCUT2D eigenvalue weighted by Crippen LogP contribution is -2.17.